The summed E-state index contributed by atoms with van der Waals surface area (Å²) in [5.41, 5.74) is 0.361. The number of aromatic nitrogens is 3. The molecule has 0 fully saturated rings. The van der Waals surface area contributed by atoms with Crippen molar-refractivity contribution in [1.82, 2.24) is 25.4 Å². The molecule has 0 saturated carbocycles. The highest BCUT2D eigenvalue weighted by atomic mass is 32.2. The summed E-state index contributed by atoms with van der Waals surface area (Å²) in [7, 11) is 0. The first kappa shape index (κ1) is 21.9. The number of amides is 3. The lowest BCUT2D eigenvalue weighted by atomic mass is 10.2. The van der Waals surface area contributed by atoms with Crippen LogP contribution in [0.5, 0.6) is 0 Å². The smallest absolute Gasteiger partial charge is 0.321 e. The molecule has 0 aliphatic carbocycles. The lowest BCUT2D eigenvalue weighted by Gasteiger charge is -2.13. The van der Waals surface area contributed by atoms with Gasteiger partial charge in [0.05, 0.1) is 11.3 Å². The molecule has 0 aliphatic heterocycles. The number of carbonyl (C=O) groups excluding carboxylic acids is 2. The molecule has 152 valence electrons. The van der Waals surface area contributed by atoms with Crippen LogP contribution in [0.4, 0.5) is 9.18 Å². The van der Waals surface area contributed by atoms with Gasteiger partial charge in [0.2, 0.25) is 5.91 Å². The minimum absolute atomic E-state index is 0.00258. The summed E-state index contributed by atoms with van der Waals surface area (Å²) >= 11 is 1.16. The molecule has 0 unspecified atom stereocenters. The molecular formula is C19H26FN5O2S. The van der Waals surface area contributed by atoms with Gasteiger partial charge >= 0.3 is 6.03 Å². The van der Waals surface area contributed by atoms with E-state index in [2.05, 4.69) is 20.8 Å². The normalized spacial score (nSPS) is 11.1. The van der Waals surface area contributed by atoms with Gasteiger partial charge in [-0.25, -0.2) is 9.18 Å². The average molecular weight is 408 g/mol. The number of carbonyl (C=O) groups is 2. The van der Waals surface area contributed by atoms with E-state index in [9.17, 15) is 14.0 Å². The second kappa shape index (κ2) is 10.2. The van der Waals surface area contributed by atoms with E-state index >= 15 is 0 Å². The van der Waals surface area contributed by atoms with Gasteiger partial charge in [-0.05, 0) is 24.0 Å². The zero-order valence-corrected chi connectivity index (χ0v) is 17.3. The van der Waals surface area contributed by atoms with Gasteiger partial charge in [0.1, 0.15) is 5.82 Å². The van der Waals surface area contributed by atoms with Crippen LogP contribution in [0.2, 0.25) is 0 Å². The number of halogens is 1. The van der Waals surface area contributed by atoms with Crippen molar-refractivity contribution in [2.75, 3.05) is 12.3 Å². The average Bonchev–Trinajstić information content (AvgIpc) is 3.00. The summed E-state index contributed by atoms with van der Waals surface area (Å²) in [6.45, 7) is 9.06. The first-order valence-electron chi connectivity index (χ1n) is 9.16. The van der Waals surface area contributed by atoms with Crippen LogP contribution in [0.1, 0.15) is 27.7 Å². The zero-order valence-electron chi connectivity index (χ0n) is 16.5. The van der Waals surface area contributed by atoms with E-state index in [4.69, 9.17) is 0 Å². The zero-order chi connectivity index (χ0) is 20.7. The molecule has 0 aliphatic rings. The van der Waals surface area contributed by atoms with Gasteiger partial charge in [-0.15, -0.1) is 10.2 Å². The van der Waals surface area contributed by atoms with E-state index in [0.29, 0.717) is 35.6 Å². The minimum atomic E-state index is -0.519. The Kier molecular flexibility index (Phi) is 7.98. The van der Waals surface area contributed by atoms with Gasteiger partial charge in [-0.3, -0.25) is 10.1 Å². The van der Waals surface area contributed by atoms with Gasteiger partial charge in [0.25, 0.3) is 0 Å². The second-order valence-corrected chi connectivity index (χ2v) is 8.17. The number of hydrogen-bond acceptors (Lipinski definition) is 5. The summed E-state index contributed by atoms with van der Waals surface area (Å²) in [5, 5.41) is 13.7. The van der Waals surface area contributed by atoms with Crippen LogP contribution in [-0.4, -0.2) is 39.0 Å². The van der Waals surface area contributed by atoms with Crippen LogP contribution in [-0.2, 0) is 11.3 Å². The third kappa shape index (κ3) is 6.33. The standard InChI is InChI=1S/C19H26FN5O2S/c1-12(2)9-21-18(27)22-16(26)11-28-19-24-23-17(25(19)10-13(3)4)14-7-5-6-8-15(14)20/h5-8,12-13H,9-11H2,1-4H3,(H2,21,22,26,27). The summed E-state index contributed by atoms with van der Waals surface area (Å²) in [6, 6.07) is 5.86. The summed E-state index contributed by atoms with van der Waals surface area (Å²) in [4.78, 5) is 23.7. The predicted molar refractivity (Wildman–Crippen MR) is 107 cm³/mol. The topological polar surface area (TPSA) is 88.9 Å². The lowest BCUT2D eigenvalue weighted by Crippen LogP contribution is -2.41. The lowest BCUT2D eigenvalue weighted by molar-refractivity contribution is -0.117. The van der Waals surface area contributed by atoms with Crippen LogP contribution < -0.4 is 10.6 Å². The molecule has 0 bridgehead atoms. The largest absolute Gasteiger partial charge is 0.338 e. The van der Waals surface area contributed by atoms with E-state index in [1.807, 2.05) is 27.7 Å². The Bertz CT molecular complexity index is 822. The molecule has 0 atom stereocenters. The SMILES string of the molecule is CC(C)CNC(=O)NC(=O)CSc1nnc(-c2ccccc2F)n1CC(C)C. The molecule has 3 amide bonds. The van der Waals surface area contributed by atoms with Crippen molar-refractivity contribution in [3.05, 3.63) is 30.1 Å². The molecule has 9 heteroatoms. The van der Waals surface area contributed by atoms with Gasteiger partial charge in [0.15, 0.2) is 11.0 Å². The number of benzene rings is 1. The fourth-order valence-corrected chi connectivity index (χ4v) is 3.15. The molecule has 2 aromatic rings. The van der Waals surface area contributed by atoms with E-state index < -0.39 is 11.9 Å². The first-order valence-corrected chi connectivity index (χ1v) is 10.1. The molecule has 1 heterocycles. The quantitative estimate of drug-likeness (QED) is 0.656. The van der Waals surface area contributed by atoms with Crippen molar-refractivity contribution in [2.24, 2.45) is 11.8 Å². The minimum Gasteiger partial charge on any atom is -0.338 e. The molecular weight excluding hydrogens is 381 g/mol. The highest BCUT2D eigenvalue weighted by molar-refractivity contribution is 7.99. The summed E-state index contributed by atoms with van der Waals surface area (Å²) in [5.74, 6) is 0.180. The molecule has 0 radical (unpaired) electrons. The van der Waals surface area contributed by atoms with E-state index in [0.717, 1.165) is 11.8 Å². The maximum Gasteiger partial charge on any atom is 0.321 e. The van der Waals surface area contributed by atoms with Gasteiger partial charge in [-0.2, -0.15) is 0 Å². The van der Waals surface area contributed by atoms with Crippen molar-refractivity contribution >= 4 is 23.7 Å². The first-order chi connectivity index (χ1) is 13.3. The molecule has 2 N–H and O–H groups in total. The maximum atomic E-state index is 14.2. The molecule has 2 rings (SSSR count). The third-order valence-electron chi connectivity index (χ3n) is 3.64. The van der Waals surface area contributed by atoms with Crippen molar-refractivity contribution in [2.45, 2.75) is 39.4 Å². The fraction of sp³-hybridized carbons (Fsp3) is 0.474. The molecule has 1 aromatic carbocycles. The van der Waals surface area contributed by atoms with Crippen LogP contribution >= 0.6 is 11.8 Å². The molecule has 0 saturated heterocycles. The number of rotatable bonds is 8. The summed E-state index contributed by atoms with van der Waals surface area (Å²) < 4.78 is 16.0. The number of nitrogens with one attached hydrogen (secondary N) is 2. The number of urea groups is 1. The maximum absolute atomic E-state index is 14.2. The van der Waals surface area contributed by atoms with Crippen molar-refractivity contribution in [3.8, 4) is 11.4 Å². The Hall–Kier alpha value is -2.42. The van der Waals surface area contributed by atoms with Crippen LogP contribution in [0.3, 0.4) is 0 Å². The Morgan fingerprint density at radius 1 is 1.14 bits per heavy atom. The van der Waals surface area contributed by atoms with Crippen LogP contribution in [0, 0.1) is 17.7 Å². The Balaban J connectivity index is 2.08. The van der Waals surface area contributed by atoms with E-state index in [1.165, 1.54) is 6.07 Å². The fourth-order valence-electron chi connectivity index (χ4n) is 2.40. The molecule has 1 aromatic heterocycles. The van der Waals surface area contributed by atoms with E-state index in [1.54, 1.807) is 22.8 Å². The monoisotopic (exact) mass is 407 g/mol. The Morgan fingerprint density at radius 2 is 1.86 bits per heavy atom. The van der Waals surface area contributed by atoms with Crippen LogP contribution in [0.15, 0.2) is 29.4 Å². The molecule has 0 spiro atoms. The van der Waals surface area contributed by atoms with Gasteiger partial charge < -0.3 is 9.88 Å². The second-order valence-electron chi connectivity index (χ2n) is 7.23. The van der Waals surface area contributed by atoms with Crippen LogP contribution in [0.25, 0.3) is 11.4 Å². The van der Waals surface area contributed by atoms with Crippen molar-refractivity contribution in [3.63, 3.8) is 0 Å². The highest BCUT2D eigenvalue weighted by Crippen LogP contribution is 2.26. The number of thioether (sulfide) groups is 1. The number of nitrogens with zero attached hydrogens (tertiary/aromatic N) is 3. The number of hydrogen-bond donors (Lipinski definition) is 2. The molecule has 28 heavy (non-hydrogen) atoms. The Labute approximate surface area is 168 Å². The number of imide groups is 1. The Morgan fingerprint density at radius 3 is 2.50 bits per heavy atom. The van der Waals surface area contributed by atoms with Gasteiger partial charge in [0, 0.05) is 13.1 Å². The van der Waals surface area contributed by atoms with E-state index in [-0.39, 0.29) is 17.5 Å². The van der Waals surface area contributed by atoms with Crippen molar-refractivity contribution in [1.29, 1.82) is 0 Å². The van der Waals surface area contributed by atoms with Crippen molar-refractivity contribution < 1.29 is 14.0 Å². The molecule has 7 nitrogen and oxygen atoms in total. The third-order valence-corrected chi connectivity index (χ3v) is 4.60. The van der Waals surface area contributed by atoms with Gasteiger partial charge in [-0.1, -0.05) is 51.6 Å². The predicted octanol–water partition coefficient (Wildman–Crippen LogP) is 3.31. The highest BCUT2D eigenvalue weighted by Gasteiger charge is 2.19. The summed E-state index contributed by atoms with van der Waals surface area (Å²) in [6.07, 6.45) is 0.